The molecule has 1 aliphatic heterocycles. The third-order valence-corrected chi connectivity index (χ3v) is 3.73. The second-order valence-corrected chi connectivity index (χ2v) is 5.27. The van der Waals surface area contributed by atoms with Gasteiger partial charge in [-0.2, -0.15) is 10.1 Å². The zero-order chi connectivity index (χ0) is 16.0. The van der Waals surface area contributed by atoms with E-state index in [-0.39, 0.29) is 12.1 Å². The number of nitrogens with zero attached hydrogens (tertiary/aromatic N) is 6. The zero-order valence-corrected chi connectivity index (χ0v) is 12.9. The fourth-order valence-electron chi connectivity index (χ4n) is 2.72. The van der Waals surface area contributed by atoms with Crippen molar-refractivity contribution in [3.05, 3.63) is 33.5 Å². The molecule has 0 bridgehead atoms. The van der Waals surface area contributed by atoms with Gasteiger partial charge in [0.25, 0.3) is 5.56 Å². The molecule has 0 atom stereocenters. The van der Waals surface area contributed by atoms with Gasteiger partial charge in [-0.15, -0.1) is 6.58 Å². The number of hydrogen-bond acceptors (Lipinski definition) is 5. The first-order valence-electron chi connectivity index (χ1n) is 7.12. The van der Waals surface area contributed by atoms with E-state index in [4.69, 9.17) is 0 Å². The highest BCUT2D eigenvalue weighted by Gasteiger charge is 2.25. The van der Waals surface area contributed by atoms with Crippen molar-refractivity contribution in [2.24, 2.45) is 12.1 Å². The van der Waals surface area contributed by atoms with Crippen molar-refractivity contribution >= 4 is 22.8 Å². The number of fused-ring (bicyclic) bond motifs is 3. The normalized spacial score (nSPS) is 14.1. The molecule has 0 N–H and O–H groups in total. The molecule has 0 radical (unpaired) electrons. The lowest BCUT2D eigenvalue weighted by atomic mass is 10.4. The van der Waals surface area contributed by atoms with Crippen molar-refractivity contribution in [3.8, 4) is 0 Å². The molecule has 116 valence electrons. The highest BCUT2D eigenvalue weighted by Crippen LogP contribution is 2.23. The van der Waals surface area contributed by atoms with Gasteiger partial charge >= 0.3 is 5.69 Å². The molecule has 2 aromatic rings. The van der Waals surface area contributed by atoms with Crippen LogP contribution in [0.25, 0.3) is 11.2 Å². The molecule has 0 amide bonds. The number of hydrogen-bond donors (Lipinski definition) is 0. The number of aromatic nitrogens is 4. The maximum Gasteiger partial charge on any atom is 0.332 e. The largest absolute Gasteiger partial charge is 0.332 e. The van der Waals surface area contributed by atoms with Gasteiger partial charge in [0, 0.05) is 20.1 Å². The number of hydrazone groups is 1. The van der Waals surface area contributed by atoms with Crippen molar-refractivity contribution in [1.82, 2.24) is 18.7 Å². The first-order valence-corrected chi connectivity index (χ1v) is 7.12. The molecule has 0 saturated carbocycles. The van der Waals surface area contributed by atoms with Gasteiger partial charge in [0.15, 0.2) is 11.2 Å². The van der Waals surface area contributed by atoms with Gasteiger partial charge in [-0.25, -0.2) is 9.80 Å². The minimum atomic E-state index is -0.395. The van der Waals surface area contributed by atoms with Crippen molar-refractivity contribution in [3.63, 3.8) is 0 Å². The fraction of sp³-hybridized carbons (Fsp3) is 0.429. The maximum atomic E-state index is 12.7. The van der Waals surface area contributed by atoms with E-state index in [1.807, 2.05) is 18.4 Å². The van der Waals surface area contributed by atoms with E-state index < -0.39 is 5.69 Å². The van der Waals surface area contributed by atoms with Crippen LogP contribution in [0, 0.1) is 0 Å². The molecule has 8 nitrogen and oxygen atoms in total. The van der Waals surface area contributed by atoms with Gasteiger partial charge in [0.05, 0.1) is 12.3 Å². The summed E-state index contributed by atoms with van der Waals surface area (Å²) >= 11 is 0. The topological polar surface area (TPSA) is 77.4 Å². The van der Waals surface area contributed by atoms with E-state index in [1.54, 1.807) is 12.1 Å². The third kappa shape index (κ3) is 1.83. The monoisotopic (exact) mass is 302 g/mol. The van der Waals surface area contributed by atoms with Gasteiger partial charge in [-0.3, -0.25) is 18.5 Å². The summed E-state index contributed by atoms with van der Waals surface area (Å²) in [6, 6.07) is 0. The summed E-state index contributed by atoms with van der Waals surface area (Å²) in [5.41, 5.74) is 0.952. The Morgan fingerprint density at radius 1 is 1.36 bits per heavy atom. The van der Waals surface area contributed by atoms with Crippen LogP contribution < -0.4 is 16.3 Å². The zero-order valence-electron chi connectivity index (χ0n) is 12.9. The first kappa shape index (κ1) is 14.3. The standard InChI is InChI=1S/C14H18N6O2/c1-5-7-18-12(21)10-11(17(4)14(18)22)15-13-19(10)8-9(3)16-20(13)6-2/h5H,1,6-8H2,2-4H3. The molecule has 0 spiro atoms. The van der Waals surface area contributed by atoms with Gasteiger partial charge in [0.1, 0.15) is 0 Å². The number of allylic oxidation sites excluding steroid dienone is 1. The molecule has 22 heavy (non-hydrogen) atoms. The van der Waals surface area contributed by atoms with E-state index in [9.17, 15) is 9.59 Å². The lowest BCUT2D eigenvalue weighted by molar-refractivity contribution is 0.663. The van der Waals surface area contributed by atoms with Gasteiger partial charge < -0.3 is 0 Å². The van der Waals surface area contributed by atoms with Crippen LogP contribution in [0.2, 0.25) is 0 Å². The Morgan fingerprint density at radius 2 is 2.09 bits per heavy atom. The van der Waals surface area contributed by atoms with Crippen LogP contribution in [0.3, 0.4) is 0 Å². The van der Waals surface area contributed by atoms with E-state index >= 15 is 0 Å². The Balaban J connectivity index is 2.43. The average Bonchev–Trinajstić information content (AvgIpc) is 2.88. The van der Waals surface area contributed by atoms with Crippen molar-refractivity contribution in [2.75, 3.05) is 11.6 Å². The minimum absolute atomic E-state index is 0.173. The van der Waals surface area contributed by atoms with Crippen LogP contribution in [0.5, 0.6) is 0 Å². The SMILES string of the molecule is C=CCn1c(=O)c2c(nc3n2CC(C)=NN3CC)n(C)c1=O. The van der Waals surface area contributed by atoms with Gasteiger partial charge in [-0.1, -0.05) is 6.08 Å². The summed E-state index contributed by atoms with van der Waals surface area (Å²) in [7, 11) is 1.62. The van der Waals surface area contributed by atoms with Crippen LogP contribution in [0.15, 0.2) is 27.3 Å². The number of rotatable bonds is 3. The summed E-state index contributed by atoms with van der Waals surface area (Å²) in [6.07, 6.45) is 1.53. The lowest BCUT2D eigenvalue weighted by Crippen LogP contribution is -2.39. The summed E-state index contributed by atoms with van der Waals surface area (Å²) in [5.74, 6) is 0.589. The number of anilines is 1. The number of aryl methyl sites for hydroxylation is 1. The van der Waals surface area contributed by atoms with Crippen molar-refractivity contribution in [1.29, 1.82) is 0 Å². The molecule has 2 aromatic heterocycles. The molecule has 1 aliphatic rings. The highest BCUT2D eigenvalue weighted by molar-refractivity contribution is 5.87. The molecule has 0 fully saturated rings. The van der Waals surface area contributed by atoms with Crippen LogP contribution in [0.1, 0.15) is 13.8 Å². The molecule has 0 aliphatic carbocycles. The Bertz CT molecular complexity index is 914. The smallest absolute Gasteiger partial charge is 0.297 e. The Kier molecular flexibility index (Phi) is 3.23. The molecule has 3 heterocycles. The molecule has 0 aromatic carbocycles. The molecule has 0 saturated heterocycles. The minimum Gasteiger partial charge on any atom is -0.297 e. The van der Waals surface area contributed by atoms with Gasteiger partial charge in [-0.05, 0) is 13.8 Å². The molecular weight excluding hydrogens is 284 g/mol. The second-order valence-electron chi connectivity index (χ2n) is 5.27. The lowest BCUT2D eigenvalue weighted by Gasteiger charge is -2.23. The Hall–Kier alpha value is -2.64. The third-order valence-electron chi connectivity index (χ3n) is 3.73. The molecule has 0 unspecified atom stereocenters. The summed E-state index contributed by atoms with van der Waals surface area (Å²) in [4.78, 5) is 29.5. The van der Waals surface area contributed by atoms with Crippen molar-refractivity contribution < 1.29 is 0 Å². The van der Waals surface area contributed by atoms with E-state index in [0.29, 0.717) is 30.2 Å². The summed E-state index contributed by atoms with van der Waals surface area (Å²) in [6.45, 7) is 8.76. The second kappa shape index (κ2) is 4.97. The maximum absolute atomic E-state index is 12.7. The van der Waals surface area contributed by atoms with E-state index in [1.165, 1.54) is 15.2 Å². The van der Waals surface area contributed by atoms with Crippen LogP contribution in [-0.2, 0) is 20.1 Å². The average molecular weight is 302 g/mol. The van der Waals surface area contributed by atoms with Crippen LogP contribution in [-0.4, -0.2) is 30.9 Å². The Morgan fingerprint density at radius 3 is 2.73 bits per heavy atom. The summed E-state index contributed by atoms with van der Waals surface area (Å²) < 4.78 is 4.39. The van der Waals surface area contributed by atoms with Crippen molar-refractivity contribution in [2.45, 2.75) is 26.9 Å². The van der Waals surface area contributed by atoms with Crippen LogP contribution >= 0.6 is 0 Å². The fourth-order valence-corrected chi connectivity index (χ4v) is 2.72. The van der Waals surface area contributed by atoms with Crippen LogP contribution in [0.4, 0.5) is 5.95 Å². The number of imidazole rings is 1. The van der Waals surface area contributed by atoms with E-state index in [2.05, 4.69) is 16.7 Å². The highest BCUT2D eigenvalue weighted by atomic mass is 16.2. The first-order chi connectivity index (χ1) is 10.5. The predicted molar refractivity (Wildman–Crippen MR) is 85.6 cm³/mol. The molecule has 3 rings (SSSR count). The quantitative estimate of drug-likeness (QED) is 0.764. The molecule has 8 heteroatoms. The molecular formula is C14H18N6O2. The predicted octanol–water partition coefficient (Wildman–Crippen LogP) is 0.298. The summed E-state index contributed by atoms with van der Waals surface area (Å²) in [5, 5.41) is 6.17. The van der Waals surface area contributed by atoms with Gasteiger partial charge in [0.2, 0.25) is 5.95 Å². The van der Waals surface area contributed by atoms with E-state index in [0.717, 1.165) is 5.71 Å². The Labute approximate surface area is 126 Å².